The highest BCUT2D eigenvalue weighted by Crippen LogP contribution is 2.57. The van der Waals surface area contributed by atoms with Crippen molar-refractivity contribution in [2.24, 2.45) is 5.92 Å². The third-order valence-corrected chi connectivity index (χ3v) is 11.9. The van der Waals surface area contributed by atoms with Gasteiger partial charge in [-0.2, -0.15) is 0 Å². The maximum absolute atomic E-state index is 5.09. The van der Waals surface area contributed by atoms with E-state index >= 15 is 0 Å². The summed E-state index contributed by atoms with van der Waals surface area (Å²) in [6.45, 7) is 0. The summed E-state index contributed by atoms with van der Waals surface area (Å²) in [6, 6.07) is 39.2. The Labute approximate surface area is 316 Å². The quantitative estimate of drug-likeness (QED) is 0.168. The van der Waals surface area contributed by atoms with Gasteiger partial charge in [-0.25, -0.2) is 15.0 Å². The van der Waals surface area contributed by atoms with Gasteiger partial charge in [-0.05, 0) is 97.3 Å². The Morgan fingerprint density at radius 3 is 2.07 bits per heavy atom. The lowest BCUT2D eigenvalue weighted by Gasteiger charge is -2.35. The summed E-state index contributed by atoms with van der Waals surface area (Å²) in [4.78, 5) is 17.7. The van der Waals surface area contributed by atoms with Crippen molar-refractivity contribution in [3.63, 3.8) is 0 Å². The zero-order chi connectivity index (χ0) is 35.6. The van der Waals surface area contributed by atoms with Crippen LogP contribution in [0.5, 0.6) is 0 Å². The maximum atomic E-state index is 5.09. The predicted molar refractivity (Wildman–Crippen MR) is 219 cm³/mol. The van der Waals surface area contributed by atoms with Crippen LogP contribution >= 0.6 is 0 Å². The zero-order valence-corrected chi connectivity index (χ0v) is 30.0. The van der Waals surface area contributed by atoms with Gasteiger partial charge in [-0.3, -0.25) is 0 Å². The van der Waals surface area contributed by atoms with Crippen LogP contribution in [0.15, 0.2) is 157 Å². The number of para-hydroxylation sites is 2. The molecule has 0 amide bonds. The fourth-order valence-corrected chi connectivity index (χ4v) is 9.31. The molecule has 0 N–H and O–H groups in total. The number of aromatic nitrogens is 4. The van der Waals surface area contributed by atoms with E-state index in [9.17, 15) is 0 Å². The Morgan fingerprint density at radius 1 is 0.574 bits per heavy atom. The predicted octanol–water partition coefficient (Wildman–Crippen LogP) is 11.3. The number of hydrogen-bond acceptors (Lipinski definition) is 4. The second-order valence-corrected chi connectivity index (χ2v) is 14.9. The third-order valence-electron chi connectivity index (χ3n) is 11.9. The van der Waals surface area contributed by atoms with Gasteiger partial charge in [0.25, 0.3) is 0 Å². The third kappa shape index (κ3) is 4.95. The van der Waals surface area contributed by atoms with Gasteiger partial charge in [-0.1, -0.05) is 109 Å². The van der Waals surface area contributed by atoms with Gasteiger partial charge in [0.15, 0.2) is 11.6 Å². The summed E-state index contributed by atoms with van der Waals surface area (Å²) in [5.74, 6) is 3.00. The SMILES string of the molecule is C1=CCC(c2nc(-c3ccccc3)nc(-c3ccc(-n4c5c(c6c4C4=C(CC6)N(c6ccccc6)c6ccccc6C6C=CC46)CCC=C5)cc3)n2)C=C1. The van der Waals surface area contributed by atoms with E-state index in [-0.39, 0.29) is 5.92 Å². The Hall–Kier alpha value is -6.33. The molecule has 6 aromatic rings. The Bertz CT molecular complexity index is 2590. The van der Waals surface area contributed by atoms with Crippen LogP contribution in [0.2, 0.25) is 0 Å². The molecule has 2 aromatic heterocycles. The van der Waals surface area contributed by atoms with Gasteiger partial charge in [0.1, 0.15) is 5.82 Å². The van der Waals surface area contributed by atoms with Crippen LogP contribution in [0.3, 0.4) is 0 Å². The molecule has 4 aromatic carbocycles. The average molecular weight is 698 g/mol. The van der Waals surface area contributed by atoms with Crippen LogP contribution in [-0.2, 0) is 12.8 Å². The Kier molecular flexibility index (Phi) is 7.32. The van der Waals surface area contributed by atoms with E-state index in [0.717, 1.165) is 49.1 Å². The monoisotopic (exact) mass is 697 g/mol. The Morgan fingerprint density at radius 2 is 1.31 bits per heavy atom. The number of allylic oxidation sites excluding steroid dienone is 9. The molecular weight excluding hydrogens is 659 g/mol. The molecule has 54 heavy (non-hydrogen) atoms. The molecule has 0 fully saturated rings. The minimum atomic E-state index is 0.121. The minimum absolute atomic E-state index is 0.121. The zero-order valence-electron chi connectivity index (χ0n) is 30.0. The molecular formula is C49H39N5. The van der Waals surface area contributed by atoms with Crippen molar-refractivity contribution >= 4 is 23.0 Å². The number of nitrogens with zero attached hydrogens (tertiary/aromatic N) is 5. The van der Waals surface area contributed by atoms with Gasteiger partial charge in [0.05, 0.1) is 5.69 Å². The molecule has 3 atom stereocenters. The van der Waals surface area contributed by atoms with Crippen molar-refractivity contribution in [1.29, 1.82) is 0 Å². The number of benzene rings is 4. The summed E-state index contributed by atoms with van der Waals surface area (Å²) >= 11 is 0. The van der Waals surface area contributed by atoms with E-state index in [1.165, 1.54) is 56.4 Å². The highest BCUT2D eigenvalue weighted by Gasteiger charge is 2.43. The van der Waals surface area contributed by atoms with E-state index in [4.69, 9.17) is 15.0 Å². The molecule has 1 aliphatic heterocycles. The normalized spacial score (nSPS) is 20.4. The second-order valence-electron chi connectivity index (χ2n) is 14.9. The van der Waals surface area contributed by atoms with Gasteiger partial charge in [0, 0.05) is 62.9 Å². The van der Waals surface area contributed by atoms with Crippen LogP contribution in [0.4, 0.5) is 11.4 Å². The summed E-state index contributed by atoms with van der Waals surface area (Å²) < 4.78 is 2.58. The molecule has 5 nitrogen and oxygen atoms in total. The van der Waals surface area contributed by atoms with Gasteiger partial charge in [-0.15, -0.1) is 0 Å². The second kappa shape index (κ2) is 12.7. The lowest BCUT2D eigenvalue weighted by molar-refractivity contribution is 0.652. The molecule has 3 heterocycles. The van der Waals surface area contributed by atoms with Crippen molar-refractivity contribution in [3.05, 3.63) is 191 Å². The van der Waals surface area contributed by atoms with Gasteiger partial charge >= 0.3 is 0 Å². The molecule has 260 valence electrons. The van der Waals surface area contributed by atoms with Crippen LogP contribution < -0.4 is 4.90 Å². The van der Waals surface area contributed by atoms with E-state index in [2.05, 4.69) is 149 Å². The van der Waals surface area contributed by atoms with E-state index in [0.29, 0.717) is 23.5 Å². The highest BCUT2D eigenvalue weighted by atomic mass is 15.2. The molecule has 0 saturated heterocycles. The van der Waals surface area contributed by atoms with E-state index in [1.807, 2.05) is 18.2 Å². The first-order valence-electron chi connectivity index (χ1n) is 19.3. The van der Waals surface area contributed by atoms with Gasteiger partial charge < -0.3 is 9.47 Å². The fourth-order valence-electron chi connectivity index (χ4n) is 9.31. The molecule has 4 aliphatic carbocycles. The largest absolute Gasteiger partial charge is 0.314 e. The smallest absolute Gasteiger partial charge is 0.163 e. The number of hydrogen-bond donors (Lipinski definition) is 0. The maximum Gasteiger partial charge on any atom is 0.163 e. The standard InChI is InChI=1S/C49H39N5/c1-4-14-32(15-5-1)47-50-48(33-16-6-2-7-17-33)52-49(51-47)34-24-26-36(27-25-34)54-43-23-13-11-21-39(43)41-30-31-44-45(46(41)54)40-29-28-37(40)38-20-10-12-22-42(38)53(44)35-18-8-3-9-19-35/h1-10,12-16,18-20,22-29,33,37,40H,11,17,21,30-31H2. The molecule has 5 aliphatic rings. The van der Waals surface area contributed by atoms with E-state index in [1.54, 1.807) is 0 Å². The average Bonchev–Trinajstić information content (AvgIpc) is 3.53. The molecule has 5 heteroatoms. The molecule has 0 bridgehead atoms. The summed E-state index contributed by atoms with van der Waals surface area (Å²) in [5, 5.41) is 0. The van der Waals surface area contributed by atoms with Crippen LogP contribution in [0.25, 0.3) is 40.1 Å². The lowest BCUT2D eigenvalue weighted by Crippen LogP contribution is -2.25. The molecule has 3 unspecified atom stereocenters. The van der Waals surface area contributed by atoms with Crippen molar-refractivity contribution in [2.45, 2.75) is 43.9 Å². The molecule has 0 radical (unpaired) electrons. The van der Waals surface area contributed by atoms with Crippen molar-refractivity contribution in [1.82, 2.24) is 19.5 Å². The fraction of sp³-hybridized carbons (Fsp3) is 0.163. The number of anilines is 2. The first-order chi connectivity index (χ1) is 26.8. The van der Waals surface area contributed by atoms with Crippen LogP contribution in [0, 0.1) is 5.92 Å². The van der Waals surface area contributed by atoms with Crippen molar-refractivity contribution in [3.8, 4) is 28.5 Å². The molecule has 0 spiro atoms. The topological polar surface area (TPSA) is 46.8 Å². The highest BCUT2D eigenvalue weighted by molar-refractivity contribution is 5.89. The number of rotatable bonds is 5. The van der Waals surface area contributed by atoms with E-state index < -0.39 is 0 Å². The first kappa shape index (κ1) is 31.2. The lowest BCUT2D eigenvalue weighted by atomic mass is 9.70. The van der Waals surface area contributed by atoms with Crippen LogP contribution in [0.1, 0.15) is 65.0 Å². The summed E-state index contributed by atoms with van der Waals surface area (Å²) in [6.07, 6.45) is 23.3. The molecule has 11 rings (SSSR count). The number of fused-ring (bicyclic) bond motifs is 8. The first-order valence-corrected chi connectivity index (χ1v) is 19.3. The van der Waals surface area contributed by atoms with Crippen LogP contribution in [-0.4, -0.2) is 19.5 Å². The minimum Gasteiger partial charge on any atom is -0.314 e. The summed E-state index contributed by atoms with van der Waals surface area (Å²) in [7, 11) is 0. The van der Waals surface area contributed by atoms with Gasteiger partial charge in [0.2, 0.25) is 0 Å². The van der Waals surface area contributed by atoms with Crippen molar-refractivity contribution in [2.75, 3.05) is 4.90 Å². The Balaban J connectivity index is 1.07. The summed E-state index contributed by atoms with van der Waals surface area (Å²) in [5.41, 5.74) is 15.7. The van der Waals surface area contributed by atoms with Crippen molar-refractivity contribution < 1.29 is 0 Å². The molecule has 0 saturated carbocycles.